The summed E-state index contributed by atoms with van der Waals surface area (Å²) in [4.78, 5) is 11.2. The molecule has 0 aliphatic rings. The number of benzene rings is 1. The number of hydrogen-bond acceptors (Lipinski definition) is 4. The van der Waals surface area contributed by atoms with Gasteiger partial charge in [-0.25, -0.2) is 0 Å². The average molecular weight is 237 g/mol. The standard InChI is InChI=1S/C11H15N3O3/c1-2-13-10(15)7-17-9-6-4-3-5-8(9)11(12)14-16/h3-6,16H,2,7H2,1H3,(H2,12,14)(H,13,15). The molecule has 0 saturated heterocycles. The van der Waals surface area contributed by atoms with Gasteiger partial charge in [0.15, 0.2) is 12.4 Å². The fourth-order valence-corrected chi connectivity index (χ4v) is 1.25. The molecular formula is C11H15N3O3. The second kappa shape index (κ2) is 6.37. The maximum Gasteiger partial charge on any atom is 0.257 e. The molecular weight excluding hydrogens is 222 g/mol. The van der Waals surface area contributed by atoms with Crippen LogP contribution in [-0.4, -0.2) is 30.1 Å². The van der Waals surface area contributed by atoms with Gasteiger partial charge in [0, 0.05) is 6.54 Å². The molecule has 1 rings (SSSR count). The van der Waals surface area contributed by atoms with Crippen molar-refractivity contribution >= 4 is 11.7 Å². The van der Waals surface area contributed by atoms with Crippen LogP contribution < -0.4 is 15.8 Å². The van der Waals surface area contributed by atoms with Crippen LogP contribution in [0.1, 0.15) is 12.5 Å². The van der Waals surface area contributed by atoms with Crippen LogP contribution in [0.4, 0.5) is 0 Å². The minimum atomic E-state index is -0.221. The fraction of sp³-hybridized carbons (Fsp3) is 0.273. The number of amides is 1. The molecule has 92 valence electrons. The first kappa shape index (κ1) is 12.8. The van der Waals surface area contributed by atoms with Gasteiger partial charge in [-0.2, -0.15) is 0 Å². The molecule has 1 amide bonds. The lowest BCUT2D eigenvalue weighted by Crippen LogP contribution is -2.28. The third-order valence-electron chi connectivity index (χ3n) is 2.00. The van der Waals surface area contributed by atoms with Crippen molar-refractivity contribution in [3.05, 3.63) is 29.8 Å². The van der Waals surface area contributed by atoms with Crippen LogP contribution in [0.2, 0.25) is 0 Å². The number of carbonyl (C=O) groups excluding carboxylic acids is 1. The highest BCUT2D eigenvalue weighted by Gasteiger charge is 2.08. The summed E-state index contributed by atoms with van der Waals surface area (Å²) in [5, 5.41) is 14.1. The lowest BCUT2D eigenvalue weighted by Gasteiger charge is -2.09. The Morgan fingerprint density at radius 1 is 1.53 bits per heavy atom. The Labute approximate surface area is 99.1 Å². The zero-order valence-electron chi connectivity index (χ0n) is 9.51. The van der Waals surface area contributed by atoms with E-state index in [0.717, 1.165) is 0 Å². The molecule has 0 aliphatic carbocycles. The van der Waals surface area contributed by atoms with Gasteiger partial charge in [0.25, 0.3) is 5.91 Å². The summed E-state index contributed by atoms with van der Waals surface area (Å²) in [5.41, 5.74) is 5.92. The lowest BCUT2D eigenvalue weighted by molar-refractivity contribution is -0.122. The van der Waals surface area contributed by atoms with E-state index in [-0.39, 0.29) is 18.3 Å². The van der Waals surface area contributed by atoms with Crippen molar-refractivity contribution in [3.8, 4) is 5.75 Å². The molecule has 6 nitrogen and oxygen atoms in total. The van der Waals surface area contributed by atoms with Gasteiger partial charge >= 0.3 is 0 Å². The summed E-state index contributed by atoms with van der Waals surface area (Å²) in [6.45, 7) is 2.26. The number of nitrogens with zero attached hydrogens (tertiary/aromatic N) is 1. The molecule has 17 heavy (non-hydrogen) atoms. The highest BCUT2D eigenvalue weighted by molar-refractivity contribution is 5.99. The first-order valence-electron chi connectivity index (χ1n) is 5.15. The Hall–Kier alpha value is -2.24. The molecule has 1 aromatic carbocycles. The van der Waals surface area contributed by atoms with E-state index in [0.29, 0.717) is 17.9 Å². The number of nitrogens with two attached hydrogens (primary N) is 1. The van der Waals surface area contributed by atoms with Gasteiger partial charge in [-0.3, -0.25) is 4.79 Å². The second-order valence-corrected chi connectivity index (χ2v) is 3.22. The first-order chi connectivity index (χ1) is 8.19. The van der Waals surface area contributed by atoms with Gasteiger partial charge in [-0.1, -0.05) is 17.3 Å². The Morgan fingerprint density at radius 3 is 2.88 bits per heavy atom. The topological polar surface area (TPSA) is 96.9 Å². The van der Waals surface area contributed by atoms with Crippen molar-refractivity contribution in [1.29, 1.82) is 0 Å². The third-order valence-corrected chi connectivity index (χ3v) is 2.00. The van der Waals surface area contributed by atoms with Crippen LogP contribution in [0.25, 0.3) is 0 Å². The molecule has 1 aromatic rings. The van der Waals surface area contributed by atoms with Crippen molar-refractivity contribution in [2.24, 2.45) is 10.9 Å². The lowest BCUT2D eigenvalue weighted by atomic mass is 10.2. The normalized spacial score (nSPS) is 11.0. The van der Waals surface area contributed by atoms with Crippen molar-refractivity contribution in [2.45, 2.75) is 6.92 Å². The zero-order chi connectivity index (χ0) is 12.7. The van der Waals surface area contributed by atoms with Gasteiger partial charge < -0.3 is 21.0 Å². The van der Waals surface area contributed by atoms with Crippen molar-refractivity contribution in [2.75, 3.05) is 13.2 Å². The average Bonchev–Trinajstić information content (AvgIpc) is 2.36. The Balaban J connectivity index is 2.74. The summed E-state index contributed by atoms with van der Waals surface area (Å²) < 4.78 is 5.29. The zero-order valence-corrected chi connectivity index (χ0v) is 9.51. The molecule has 0 atom stereocenters. The van der Waals surface area contributed by atoms with Gasteiger partial charge in [-0.05, 0) is 19.1 Å². The summed E-state index contributed by atoms with van der Waals surface area (Å²) in [7, 11) is 0. The van der Waals surface area contributed by atoms with E-state index in [2.05, 4.69) is 10.5 Å². The molecule has 0 radical (unpaired) electrons. The van der Waals surface area contributed by atoms with E-state index in [1.807, 2.05) is 6.92 Å². The number of nitrogens with one attached hydrogen (secondary N) is 1. The van der Waals surface area contributed by atoms with Gasteiger partial charge in [0.2, 0.25) is 0 Å². The maximum atomic E-state index is 11.2. The predicted octanol–water partition coefficient (Wildman–Crippen LogP) is 0.296. The van der Waals surface area contributed by atoms with Crippen LogP contribution in [0.5, 0.6) is 5.75 Å². The molecule has 0 spiro atoms. The van der Waals surface area contributed by atoms with Crippen LogP contribution in [-0.2, 0) is 4.79 Å². The van der Waals surface area contributed by atoms with Crippen molar-refractivity contribution in [1.82, 2.24) is 5.32 Å². The number of oxime groups is 1. The van der Waals surface area contributed by atoms with Crippen LogP contribution in [0.3, 0.4) is 0 Å². The Bertz CT molecular complexity index is 418. The predicted molar refractivity (Wildman–Crippen MR) is 63.1 cm³/mol. The molecule has 0 heterocycles. The molecule has 4 N–H and O–H groups in total. The summed E-state index contributed by atoms with van der Waals surface area (Å²) in [5.74, 6) is 0.118. The third kappa shape index (κ3) is 3.67. The van der Waals surface area contributed by atoms with E-state index in [1.165, 1.54) is 0 Å². The number of para-hydroxylation sites is 1. The first-order valence-corrected chi connectivity index (χ1v) is 5.15. The summed E-state index contributed by atoms with van der Waals surface area (Å²) in [6.07, 6.45) is 0. The van der Waals surface area contributed by atoms with Crippen molar-refractivity contribution < 1.29 is 14.7 Å². The van der Waals surface area contributed by atoms with E-state index in [1.54, 1.807) is 24.3 Å². The van der Waals surface area contributed by atoms with E-state index >= 15 is 0 Å². The monoisotopic (exact) mass is 237 g/mol. The second-order valence-electron chi connectivity index (χ2n) is 3.22. The minimum absolute atomic E-state index is 0.0588. The summed E-state index contributed by atoms with van der Waals surface area (Å²) >= 11 is 0. The SMILES string of the molecule is CCNC(=O)COc1ccccc1/C(N)=N/O. The number of likely N-dealkylation sites (N-methyl/N-ethyl adjacent to an activating group) is 1. The largest absolute Gasteiger partial charge is 0.483 e. The highest BCUT2D eigenvalue weighted by Crippen LogP contribution is 2.17. The van der Waals surface area contributed by atoms with Gasteiger partial charge in [0.1, 0.15) is 5.75 Å². The molecule has 0 bridgehead atoms. The van der Waals surface area contributed by atoms with Crippen LogP contribution in [0, 0.1) is 0 Å². The number of ether oxygens (including phenoxy) is 1. The van der Waals surface area contributed by atoms with E-state index in [4.69, 9.17) is 15.7 Å². The number of carbonyl (C=O) groups is 1. The Morgan fingerprint density at radius 2 is 2.24 bits per heavy atom. The van der Waals surface area contributed by atoms with E-state index < -0.39 is 0 Å². The van der Waals surface area contributed by atoms with Gasteiger partial charge in [0.05, 0.1) is 5.56 Å². The number of hydrogen-bond donors (Lipinski definition) is 3. The smallest absolute Gasteiger partial charge is 0.257 e. The molecule has 0 aliphatic heterocycles. The fourth-order valence-electron chi connectivity index (χ4n) is 1.25. The van der Waals surface area contributed by atoms with Crippen molar-refractivity contribution in [3.63, 3.8) is 0 Å². The molecule has 0 unspecified atom stereocenters. The number of amidine groups is 1. The molecule has 6 heteroatoms. The maximum absolute atomic E-state index is 11.2. The minimum Gasteiger partial charge on any atom is -0.483 e. The highest BCUT2D eigenvalue weighted by atomic mass is 16.5. The molecule has 0 fully saturated rings. The van der Waals surface area contributed by atoms with Crippen LogP contribution >= 0.6 is 0 Å². The van der Waals surface area contributed by atoms with Gasteiger partial charge in [-0.15, -0.1) is 0 Å². The molecule has 0 saturated carbocycles. The summed E-state index contributed by atoms with van der Waals surface area (Å²) in [6, 6.07) is 6.75. The van der Waals surface area contributed by atoms with Crippen LogP contribution in [0.15, 0.2) is 29.4 Å². The molecule has 0 aromatic heterocycles. The quantitative estimate of drug-likeness (QED) is 0.297. The van der Waals surface area contributed by atoms with E-state index in [9.17, 15) is 4.79 Å². The number of rotatable bonds is 5. The Kier molecular flexibility index (Phi) is 4.80.